The molecule has 1 aromatic carbocycles. The Morgan fingerprint density at radius 1 is 1.25 bits per heavy atom. The third kappa shape index (κ3) is 2.69. The lowest BCUT2D eigenvalue weighted by molar-refractivity contribution is 0.370. The summed E-state index contributed by atoms with van der Waals surface area (Å²) >= 11 is 1.72. The first kappa shape index (κ1) is 12.8. The summed E-state index contributed by atoms with van der Waals surface area (Å²) in [5.41, 5.74) is 8.79. The molecule has 0 spiro atoms. The van der Waals surface area contributed by atoms with Gasteiger partial charge in [-0.2, -0.15) is 0 Å². The van der Waals surface area contributed by atoms with Crippen molar-refractivity contribution in [3.63, 3.8) is 0 Å². The lowest BCUT2D eigenvalue weighted by atomic mass is 10.1. The second-order valence-electron chi connectivity index (χ2n) is 4.37. The Morgan fingerprint density at radius 3 is 2.80 bits per heavy atom. The minimum atomic E-state index is 0.161. The summed E-state index contributed by atoms with van der Waals surface area (Å²) in [7, 11) is 0. The zero-order chi connectivity index (χ0) is 13.8. The molecule has 0 aliphatic carbocycles. The van der Waals surface area contributed by atoms with E-state index in [2.05, 4.69) is 34.3 Å². The van der Waals surface area contributed by atoms with Crippen LogP contribution >= 0.6 is 11.3 Å². The summed E-state index contributed by atoms with van der Waals surface area (Å²) in [6.07, 6.45) is 7.35. The largest absolute Gasteiger partial charge is 0.481 e. The highest BCUT2D eigenvalue weighted by atomic mass is 32.1. The molecule has 1 aliphatic rings. The molecule has 0 bridgehead atoms. The third-order valence-electron chi connectivity index (χ3n) is 3.04. The molecular formula is C16H14N2OS. The Morgan fingerprint density at radius 2 is 2.10 bits per heavy atom. The Balaban J connectivity index is 1.73. The van der Waals surface area contributed by atoms with Gasteiger partial charge < -0.3 is 10.2 Å². The van der Waals surface area contributed by atoms with Gasteiger partial charge in [-0.05, 0) is 35.2 Å². The van der Waals surface area contributed by atoms with Gasteiger partial charge in [-0.3, -0.25) is 0 Å². The molecule has 1 aliphatic heterocycles. The maximum absolute atomic E-state index is 5.37. The molecule has 1 unspecified atom stereocenters. The third-order valence-corrected chi connectivity index (χ3v) is 3.95. The zero-order valence-electron chi connectivity index (χ0n) is 10.8. The molecule has 0 saturated carbocycles. The van der Waals surface area contributed by atoms with E-state index in [1.54, 1.807) is 11.3 Å². The van der Waals surface area contributed by atoms with Crippen LogP contribution in [0.5, 0.6) is 5.75 Å². The van der Waals surface area contributed by atoms with Crippen LogP contribution in [0.15, 0.2) is 47.9 Å². The number of hydrazine groups is 1. The number of hydrogen-bond donors (Lipinski definition) is 2. The molecule has 0 fully saturated rings. The van der Waals surface area contributed by atoms with Crippen molar-refractivity contribution in [2.75, 3.05) is 6.61 Å². The van der Waals surface area contributed by atoms with Gasteiger partial charge in [-0.15, -0.1) is 17.8 Å². The number of thiophene rings is 1. The number of rotatable bonds is 4. The van der Waals surface area contributed by atoms with Crippen LogP contribution in [0.2, 0.25) is 0 Å². The van der Waals surface area contributed by atoms with Crippen molar-refractivity contribution in [3.05, 3.63) is 58.3 Å². The van der Waals surface area contributed by atoms with Crippen molar-refractivity contribution >= 4 is 17.0 Å². The van der Waals surface area contributed by atoms with Gasteiger partial charge >= 0.3 is 0 Å². The number of benzene rings is 1. The summed E-state index contributed by atoms with van der Waals surface area (Å²) in [6.45, 7) is 0.297. The number of nitrogens with one attached hydrogen (secondary N) is 2. The van der Waals surface area contributed by atoms with Crippen molar-refractivity contribution in [3.8, 4) is 18.1 Å². The summed E-state index contributed by atoms with van der Waals surface area (Å²) in [5, 5.41) is 2.07. The minimum Gasteiger partial charge on any atom is -0.481 e. The molecule has 1 aromatic heterocycles. The van der Waals surface area contributed by atoms with Gasteiger partial charge in [0.15, 0.2) is 0 Å². The highest BCUT2D eigenvalue weighted by molar-refractivity contribution is 7.11. The van der Waals surface area contributed by atoms with E-state index in [9.17, 15) is 0 Å². The molecule has 1 atom stereocenters. The maximum Gasteiger partial charge on any atom is 0.148 e. The molecule has 3 nitrogen and oxygen atoms in total. The molecule has 100 valence electrons. The smallest absolute Gasteiger partial charge is 0.148 e. The molecule has 0 saturated heterocycles. The van der Waals surface area contributed by atoms with E-state index >= 15 is 0 Å². The van der Waals surface area contributed by atoms with E-state index in [1.807, 2.05) is 30.3 Å². The van der Waals surface area contributed by atoms with Crippen LogP contribution in [-0.2, 0) is 0 Å². The standard InChI is InChI=1S/C16H14N2OS/c1-2-9-19-13-7-5-12(6-8-13)14-11-15(18-17-14)16-4-3-10-20-16/h1,3-8,10-11,14,17-18H,9H2. The fourth-order valence-electron chi connectivity index (χ4n) is 2.06. The van der Waals surface area contributed by atoms with Crippen LogP contribution in [0.25, 0.3) is 5.70 Å². The number of ether oxygens (including phenoxy) is 1. The van der Waals surface area contributed by atoms with Crippen molar-refractivity contribution in [1.82, 2.24) is 10.9 Å². The normalized spacial score (nSPS) is 17.1. The van der Waals surface area contributed by atoms with E-state index in [-0.39, 0.29) is 6.04 Å². The highest BCUT2D eigenvalue weighted by Gasteiger charge is 2.17. The highest BCUT2D eigenvalue weighted by Crippen LogP contribution is 2.27. The lowest BCUT2D eigenvalue weighted by Crippen LogP contribution is -2.26. The van der Waals surface area contributed by atoms with E-state index in [0.29, 0.717) is 6.61 Å². The Labute approximate surface area is 122 Å². The molecule has 20 heavy (non-hydrogen) atoms. The van der Waals surface area contributed by atoms with Gasteiger partial charge in [0.25, 0.3) is 0 Å². The Hall–Kier alpha value is -2.22. The quantitative estimate of drug-likeness (QED) is 0.846. The average Bonchev–Trinajstić information content (AvgIpc) is 3.16. The van der Waals surface area contributed by atoms with Crippen molar-refractivity contribution in [2.45, 2.75) is 6.04 Å². The van der Waals surface area contributed by atoms with E-state index in [4.69, 9.17) is 11.2 Å². The van der Waals surface area contributed by atoms with E-state index in [1.165, 1.54) is 10.4 Å². The molecule has 2 aromatic rings. The Bertz CT molecular complexity index is 638. The van der Waals surface area contributed by atoms with Crippen LogP contribution in [-0.4, -0.2) is 6.61 Å². The summed E-state index contributed by atoms with van der Waals surface area (Å²) in [6, 6.07) is 12.3. The number of hydrogen-bond acceptors (Lipinski definition) is 4. The fourth-order valence-corrected chi connectivity index (χ4v) is 2.76. The average molecular weight is 282 g/mol. The SMILES string of the molecule is C#CCOc1ccc(C2C=C(c3cccs3)NN2)cc1. The van der Waals surface area contributed by atoms with Crippen LogP contribution < -0.4 is 15.6 Å². The van der Waals surface area contributed by atoms with Gasteiger partial charge in [0.05, 0.1) is 16.6 Å². The van der Waals surface area contributed by atoms with Crippen LogP contribution in [0.3, 0.4) is 0 Å². The predicted octanol–water partition coefficient (Wildman–Crippen LogP) is 2.95. The fraction of sp³-hybridized carbons (Fsp3) is 0.125. The topological polar surface area (TPSA) is 33.3 Å². The molecule has 0 radical (unpaired) electrons. The summed E-state index contributed by atoms with van der Waals surface area (Å²) < 4.78 is 5.37. The summed E-state index contributed by atoms with van der Waals surface area (Å²) in [5.74, 6) is 3.25. The van der Waals surface area contributed by atoms with Gasteiger partial charge in [0.1, 0.15) is 12.4 Å². The van der Waals surface area contributed by atoms with Gasteiger partial charge in [-0.25, -0.2) is 5.43 Å². The first-order valence-electron chi connectivity index (χ1n) is 6.30. The number of terminal acetylenes is 1. The Kier molecular flexibility index (Phi) is 3.73. The summed E-state index contributed by atoms with van der Waals surface area (Å²) in [4.78, 5) is 1.23. The van der Waals surface area contributed by atoms with Crippen molar-refractivity contribution in [2.24, 2.45) is 0 Å². The lowest BCUT2D eigenvalue weighted by Gasteiger charge is -2.10. The predicted molar refractivity (Wildman–Crippen MR) is 82.1 cm³/mol. The maximum atomic E-state index is 5.37. The second-order valence-corrected chi connectivity index (χ2v) is 5.31. The molecular weight excluding hydrogens is 268 g/mol. The van der Waals surface area contributed by atoms with Crippen LogP contribution in [0.1, 0.15) is 16.5 Å². The molecule has 0 amide bonds. The minimum absolute atomic E-state index is 0.161. The zero-order valence-corrected chi connectivity index (χ0v) is 11.6. The molecule has 4 heteroatoms. The first-order valence-corrected chi connectivity index (χ1v) is 7.18. The van der Waals surface area contributed by atoms with Crippen LogP contribution in [0, 0.1) is 12.3 Å². The van der Waals surface area contributed by atoms with Gasteiger partial charge in [-0.1, -0.05) is 24.1 Å². The second kappa shape index (κ2) is 5.83. The molecule has 3 rings (SSSR count). The van der Waals surface area contributed by atoms with Crippen molar-refractivity contribution in [1.29, 1.82) is 0 Å². The van der Waals surface area contributed by atoms with Gasteiger partial charge in [0.2, 0.25) is 0 Å². The first-order chi connectivity index (χ1) is 9.86. The molecule has 2 N–H and O–H groups in total. The monoisotopic (exact) mass is 282 g/mol. The van der Waals surface area contributed by atoms with Gasteiger partial charge in [0, 0.05) is 0 Å². The van der Waals surface area contributed by atoms with Crippen molar-refractivity contribution < 1.29 is 4.74 Å². The van der Waals surface area contributed by atoms with Crippen LogP contribution in [0.4, 0.5) is 0 Å². The molecule has 2 heterocycles. The van der Waals surface area contributed by atoms with E-state index < -0.39 is 0 Å². The van der Waals surface area contributed by atoms with E-state index in [0.717, 1.165) is 11.4 Å².